The molecule has 4 heteroatoms. The molecule has 1 aliphatic heterocycles. The molecule has 2 unspecified atom stereocenters. The Morgan fingerprint density at radius 2 is 2.12 bits per heavy atom. The molecule has 1 fully saturated rings. The molecule has 2 N–H and O–H groups in total. The summed E-state index contributed by atoms with van der Waals surface area (Å²) >= 11 is 0. The van der Waals surface area contributed by atoms with Crippen molar-refractivity contribution in [3.8, 4) is 6.07 Å². The molecule has 1 aromatic carbocycles. The van der Waals surface area contributed by atoms with Crippen LogP contribution in [-0.2, 0) is 4.79 Å². The molecule has 0 saturated carbocycles. The van der Waals surface area contributed by atoms with Crippen molar-refractivity contribution in [1.29, 1.82) is 5.26 Å². The van der Waals surface area contributed by atoms with Crippen molar-refractivity contribution >= 4 is 11.6 Å². The number of nitriles is 1. The summed E-state index contributed by atoms with van der Waals surface area (Å²) in [4.78, 5) is 12.0. The van der Waals surface area contributed by atoms with Gasteiger partial charge in [-0.05, 0) is 36.7 Å². The first-order valence-electron chi connectivity index (χ1n) is 5.72. The third-order valence-corrected chi connectivity index (χ3v) is 3.14. The minimum absolute atomic E-state index is 0.0330. The monoisotopic (exact) mass is 229 g/mol. The van der Waals surface area contributed by atoms with Gasteiger partial charge in [-0.15, -0.1) is 0 Å². The van der Waals surface area contributed by atoms with Gasteiger partial charge in [0.2, 0.25) is 5.91 Å². The lowest BCUT2D eigenvalue weighted by Gasteiger charge is -2.14. The molecular weight excluding hydrogens is 214 g/mol. The van der Waals surface area contributed by atoms with Gasteiger partial charge in [0.25, 0.3) is 0 Å². The predicted molar refractivity (Wildman–Crippen MR) is 65.3 cm³/mol. The third-order valence-electron chi connectivity index (χ3n) is 3.14. The smallest absolute Gasteiger partial charge is 0.229 e. The Kier molecular flexibility index (Phi) is 3.40. The van der Waals surface area contributed by atoms with E-state index in [-0.39, 0.29) is 11.8 Å². The zero-order valence-corrected chi connectivity index (χ0v) is 9.73. The van der Waals surface area contributed by atoms with Gasteiger partial charge in [0.15, 0.2) is 0 Å². The Labute approximate surface area is 101 Å². The average Bonchev–Trinajstić information content (AvgIpc) is 2.76. The largest absolute Gasteiger partial charge is 0.326 e. The van der Waals surface area contributed by atoms with Crippen LogP contribution < -0.4 is 10.6 Å². The summed E-state index contributed by atoms with van der Waals surface area (Å²) in [6.07, 6.45) is 0. The second-order valence-corrected chi connectivity index (χ2v) is 4.42. The van der Waals surface area contributed by atoms with Crippen LogP contribution >= 0.6 is 0 Å². The summed E-state index contributed by atoms with van der Waals surface area (Å²) in [6, 6.07) is 8.95. The number of nitrogens with one attached hydrogen (secondary N) is 2. The summed E-state index contributed by atoms with van der Waals surface area (Å²) in [5.74, 6) is 0.450. The topological polar surface area (TPSA) is 64.9 Å². The molecule has 0 spiro atoms. The van der Waals surface area contributed by atoms with Gasteiger partial charge in [-0.1, -0.05) is 6.92 Å². The van der Waals surface area contributed by atoms with Crippen LogP contribution in [0.2, 0.25) is 0 Å². The number of nitrogens with zero attached hydrogens (tertiary/aromatic N) is 1. The van der Waals surface area contributed by atoms with Crippen LogP contribution in [0.3, 0.4) is 0 Å². The number of carbonyl (C=O) groups excluding carboxylic acids is 1. The van der Waals surface area contributed by atoms with Gasteiger partial charge in [-0.25, -0.2) is 0 Å². The predicted octanol–water partition coefficient (Wildman–Crippen LogP) is 1.35. The molecule has 2 atom stereocenters. The molecule has 0 aromatic heterocycles. The first-order valence-corrected chi connectivity index (χ1v) is 5.72. The van der Waals surface area contributed by atoms with Crippen molar-refractivity contribution in [3.63, 3.8) is 0 Å². The molecule has 2 rings (SSSR count). The van der Waals surface area contributed by atoms with Crippen LogP contribution in [0.15, 0.2) is 24.3 Å². The molecule has 17 heavy (non-hydrogen) atoms. The maximum Gasteiger partial charge on any atom is 0.229 e. The molecule has 0 radical (unpaired) electrons. The molecule has 88 valence electrons. The Morgan fingerprint density at radius 1 is 1.41 bits per heavy atom. The second-order valence-electron chi connectivity index (χ2n) is 4.42. The summed E-state index contributed by atoms with van der Waals surface area (Å²) in [5, 5.41) is 14.8. The van der Waals surface area contributed by atoms with E-state index in [4.69, 9.17) is 5.26 Å². The van der Waals surface area contributed by atoms with Gasteiger partial charge in [0.1, 0.15) is 0 Å². The first kappa shape index (κ1) is 11.6. The van der Waals surface area contributed by atoms with Crippen molar-refractivity contribution < 1.29 is 4.79 Å². The van der Waals surface area contributed by atoms with Gasteiger partial charge in [-0.3, -0.25) is 4.79 Å². The lowest BCUT2D eigenvalue weighted by molar-refractivity contribution is -0.120. The third kappa shape index (κ3) is 2.63. The van der Waals surface area contributed by atoms with Crippen molar-refractivity contribution in [2.75, 3.05) is 18.4 Å². The highest BCUT2D eigenvalue weighted by Gasteiger charge is 2.29. The molecule has 1 heterocycles. The molecule has 0 bridgehead atoms. The fourth-order valence-corrected chi connectivity index (χ4v) is 2.02. The van der Waals surface area contributed by atoms with Gasteiger partial charge in [0, 0.05) is 12.2 Å². The maximum atomic E-state index is 12.0. The zero-order chi connectivity index (χ0) is 12.3. The minimum atomic E-state index is 0.0330. The van der Waals surface area contributed by atoms with Crippen molar-refractivity contribution in [2.45, 2.75) is 6.92 Å². The molecule has 4 nitrogen and oxygen atoms in total. The SMILES string of the molecule is CC1CNCC1C(=O)Nc1ccc(C#N)cc1. The summed E-state index contributed by atoms with van der Waals surface area (Å²) in [5.41, 5.74) is 1.34. The van der Waals surface area contributed by atoms with Crippen LogP contribution in [0.1, 0.15) is 12.5 Å². The first-order chi connectivity index (χ1) is 8.20. The van der Waals surface area contributed by atoms with E-state index in [1.54, 1.807) is 24.3 Å². The lowest BCUT2D eigenvalue weighted by Crippen LogP contribution is -2.27. The number of anilines is 1. The van der Waals surface area contributed by atoms with Gasteiger partial charge >= 0.3 is 0 Å². The Balaban J connectivity index is 2.00. The van der Waals surface area contributed by atoms with Crippen molar-refractivity contribution in [3.05, 3.63) is 29.8 Å². The maximum absolute atomic E-state index is 12.0. The van der Waals surface area contributed by atoms with E-state index in [9.17, 15) is 4.79 Å². The summed E-state index contributed by atoms with van der Waals surface area (Å²) < 4.78 is 0. The number of benzene rings is 1. The van der Waals surface area contributed by atoms with E-state index in [1.807, 2.05) is 6.07 Å². The van der Waals surface area contributed by atoms with E-state index in [1.165, 1.54) is 0 Å². The number of hydrogen-bond donors (Lipinski definition) is 2. The van der Waals surface area contributed by atoms with Crippen molar-refractivity contribution in [1.82, 2.24) is 5.32 Å². The van der Waals surface area contributed by atoms with Crippen LogP contribution in [0, 0.1) is 23.2 Å². The molecule has 1 aliphatic rings. The Bertz CT molecular complexity index is 447. The van der Waals surface area contributed by atoms with Gasteiger partial charge in [0.05, 0.1) is 17.6 Å². The summed E-state index contributed by atoms with van der Waals surface area (Å²) in [6.45, 7) is 3.71. The van der Waals surface area contributed by atoms with Crippen LogP contribution in [-0.4, -0.2) is 19.0 Å². The van der Waals surface area contributed by atoms with Crippen molar-refractivity contribution in [2.24, 2.45) is 11.8 Å². The fourth-order valence-electron chi connectivity index (χ4n) is 2.02. The van der Waals surface area contributed by atoms with E-state index >= 15 is 0 Å². The molecule has 1 aromatic rings. The highest BCUT2D eigenvalue weighted by atomic mass is 16.1. The zero-order valence-electron chi connectivity index (χ0n) is 9.73. The van der Waals surface area contributed by atoms with E-state index in [2.05, 4.69) is 17.6 Å². The van der Waals surface area contributed by atoms with Gasteiger partial charge < -0.3 is 10.6 Å². The molecule has 1 saturated heterocycles. The standard InChI is InChI=1S/C13H15N3O/c1-9-7-15-8-12(9)13(17)16-11-4-2-10(6-14)3-5-11/h2-5,9,12,15H,7-8H2,1H3,(H,16,17). The van der Waals surface area contributed by atoms with Crippen LogP contribution in [0.5, 0.6) is 0 Å². The lowest BCUT2D eigenvalue weighted by atomic mass is 9.97. The van der Waals surface area contributed by atoms with Gasteiger partial charge in [-0.2, -0.15) is 5.26 Å². The van der Waals surface area contributed by atoms with E-state index in [0.29, 0.717) is 11.5 Å². The van der Waals surface area contributed by atoms with E-state index < -0.39 is 0 Å². The summed E-state index contributed by atoms with van der Waals surface area (Å²) in [7, 11) is 0. The quantitative estimate of drug-likeness (QED) is 0.804. The highest BCUT2D eigenvalue weighted by molar-refractivity contribution is 5.93. The molecule has 0 aliphatic carbocycles. The minimum Gasteiger partial charge on any atom is -0.326 e. The fraction of sp³-hybridized carbons (Fsp3) is 0.385. The number of carbonyl (C=O) groups is 1. The molecular formula is C13H15N3O. The van der Waals surface area contributed by atoms with Crippen LogP contribution in [0.25, 0.3) is 0 Å². The number of rotatable bonds is 2. The Morgan fingerprint density at radius 3 is 2.65 bits per heavy atom. The number of hydrogen-bond acceptors (Lipinski definition) is 3. The van der Waals surface area contributed by atoms with E-state index in [0.717, 1.165) is 18.8 Å². The number of amides is 1. The highest BCUT2D eigenvalue weighted by Crippen LogP contribution is 2.18. The molecule has 1 amide bonds. The Hall–Kier alpha value is -1.86. The van der Waals surface area contributed by atoms with Crippen LogP contribution in [0.4, 0.5) is 5.69 Å². The second kappa shape index (κ2) is 4.98. The average molecular weight is 229 g/mol. The normalized spacial score (nSPS) is 23.1.